The highest BCUT2D eigenvalue weighted by Gasteiger charge is 2.23. The van der Waals surface area contributed by atoms with Crippen LogP contribution in [0.3, 0.4) is 0 Å². The monoisotopic (exact) mass is 212 g/mol. The van der Waals surface area contributed by atoms with E-state index in [9.17, 15) is 0 Å². The van der Waals surface area contributed by atoms with Gasteiger partial charge in [0.1, 0.15) is 0 Å². The van der Waals surface area contributed by atoms with E-state index < -0.39 is 62.7 Å². The fourth-order valence-electron chi connectivity index (χ4n) is 1.66. The Morgan fingerprint density at radius 1 is 1.60 bits per heavy atom. The molecule has 2 aromatic rings. The lowest BCUT2D eigenvalue weighted by atomic mass is 9.98. The molecule has 1 atom stereocenters. The number of benzene rings is 1. The Morgan fingerprint density at radius 3 is 3.40 bits per heavy atom. The summed E-state index contributed by atoms with van der Waals surface area (Å²) in [7, 11) is 0. The van der Waals surface area contributed by atoms with Crippen LogP contribution in [0.15, 0.2) is 30.3 Å². The molecule has 0 bridgehead atoms. The first-order valence-corrected chi connectivity index (χ1v) is 4.51. The van der Waals surface area contributed by atoms with Crippen molar-refractivity contribution in [2.45, 2.75) is 12.3 Å². The molecule has 1 N–H and O–H groups in total. The third-order valence-electron chi connectivity index (χ3n) is 2.37. The predicted octanol–water partition coefficient (Wildman–Crippen LogP) is 2.59. The van der Waals surface area contributed by atoms with Crippen LogP contribution in [-0.2, 0) is 0 Å². The van der Waals surface area contributed by atoms with E-state index in [1.165, 1.54) is 0 Å². The Labute approximate surface area is 107 Å². The SMILES string of the molecule is [2H]c1[nH]c2c([2H])c([2H])c([2H])c([2H])c2c1C1CC([2H])([2H])N(C([2H])([2H])[2H])C1([2H])[2H]. The highest BCUT2D eigenvalue weighted by atomic mass is 15.1. The maximum absolute atomic E-state index is 8.28. The number of nitrogens with one attached hydrogen (secondary N) is 1. The highest BCUT2D eigenvalue weighted by molar-refractivity contribution is 5.83. The molecule has 1 aromatic heterocycles. The van der Waals surface area contributed by atoms with Crippen LogP contribution in [0.5, 0.6) is 0 Å². The van der Waals surface area contributed by atoms with E-state index >= 15 is 0 Å². The Morgan fingerprint density at radius 2 is 2.53 bits per heavy atom. The molecule has 15 heavy (non-hydrogen) atoms. The zero-order chi connectivity index (χ0) is 20.7. The molecule has 1 fully saturated rings. The first-order chi connectivity index (χ1) is 12.1. The molecule has 1 saturated heterocycles. The average molecular weight is 212 g/mol. The lowest BCUT2D eigenvalue weighted by molar-refractivity contribution is 0.412. The van der Waals surface area contributed by atoms with Crippen molar-refractivity contribution < 1.29 is 16.4 Å². The van der Waals surface area contributed by atoms with E-state index in [-0.39, 0.29) is 21.4 Å². The van der Waals surface area contributed by atoms with Crippen molar-refractivity contribution in [2.75, 3.05) is 20.0 Å². The molecule has 0 amide bonds. The number of likely N-dealkylation sites (tertiary alicyclic amines) is 1. The molecule has 0 aliphatic carbocycles. The molecule has 2 heterocycles. The van der Waals surface area contributed by atoms with Crippen molar-refractivity contribution in [1.82, 2.24) is 9.88 Å². The van der Waals surface area contributed by atoms with Crippen LogP contribution in [0.4, 0.5) is 0 Å². The molecule has 3 rings (SSSR count). The van der Waals surface area contributed by atoms with Crippen molar-refractivity contribution in [1.29, 1.82) is 0 Å². The van der Waals surface area contributed by atoms with Gasteiger partial charge in [-0.25, -0.2) is 0 Å². The first-order valence-electron chi connectivity index (χ1n) is 10.5. The smallest absolute Gasteiger partial charge is 0.0819 e. The third kappa shape index (κ3) is 1.45. The summed E-state index contributed by atoms with van der Waals surface area (Å²) in [4.78, 5) is 2.66. The van der Waals surface area contributed by atoms with Gasteiger partial charge in [0.15, 0.2) is 0 Å². The maximum Gasteiger partial charge on any atom is 0.0819 e. The number of aromatic nitrogens is 1. The van der Waals surface area contributed by atoms with Crippen molar-refractivity contribution in [3.63, 3.8) is 0 Å². The summed E-state index contributed by atoms with van der Waals surface area (Å²) >= 11 is 0. The van der Waals surface area contributed by atoms with Gasteiger partial charge in [-0.2, -0.15) is 0 Å². The maximum atomic E-state index is 8.28. The summed E-state index contributed by atoms with van der Waals surface area (Å²) in [6.45, 7) is -8.33. The molecule has 0 radical (unpaired) electrons. The highest BCUT2D eigenvalue weighted by Crippen LogP contribution is 2.31. The van der Waals surface area contributed by atoms with Gasteiger partial charge in [-0.1, -0.05) is 18.1 Å². The molecule has 78 valence electrons. The largest absolute Gasteiger partial charge is 0.361 e. The number of H-pyrrole nitrogens is 1. The minimum atomic E-state index is -3.07. The molecule has 2 heteroatoms. The molecule has 0 saturated carbocycles. The van der Waals surface area contributed by atoms with Crippen molar-refractivity contribution >= 4 is 10.9 Å². The zero-order valence-corrected chi connectivity index (χ0v) is 7.73. The van der Waals surface area contributed by atoms with Crippen molar-refractivity contribution in [3.8, 4) is 0 Å². The van der Waals surface area contributed by atoms with Gasteiger partial charge in [0.2, 0.25) is 0 Å². The second-order valence-electron chi connectivity index (χ2n) is 3.29. The van der Waals surface area contributed by atoms with E-state index in [4.69, 9.17) is 16.4 Å². The number of aromatic amines is 1. The summed E-state index contributed by atoms with van der Waals surface area (Å²) in [6, 6.07) is -2.00. The second kappa shape index (κ2) is 3.38. The molecular formula is C13H16N2. The lowest BCUT2D eigenvalue weighted by Gasteiger charge is -2.09. The van der Waals surface area contributed by atoms with Gasteiger partial charge in [-0.05, 0) is 37.4 Å². The van der Waals surface area contributed by atoms with E-state index in [1.54, 1.807) is 0 Å². The standard InChI is InChI=1S/C13H16N2/c1-15-7-6-10(9-15)12-8-14-13-5-3-2-4-11(12)13/h2-5,8,10,14H,6-7,9H2,1H3/i1D3,2D,3D,4D,5D,7D2,8D,9D2. The van der Waals surface area contributed by atoms with Gasteiger partial charge in [0, 0.05) is 33.2 Å². The van der Waals surface area contributed by atoms with Crippen LogP contribution in [-0.4, -0.2) is 29.9 Å². The van der Waals surface area contributed by atoms with Gasteiger partial charge in [0.05, 0.1) is 6.85 Å². The second-order valence-corrected chi connectivity index (χ2v) is 3.29. The van der Waals surface area contributed by atoms with Gasteiger partial charge in [-0.15, -0.1) is 0 Å². The molecule has 1 aliphatic heterocycles. The normalized spacial score (nSPS) is 41.7. The van der Waals surface area contributed by atoms with Gasteiger partial charge in [0.25, 0.3) is 0 Å². The Bertz CT molecular complexity index is 928. The van der Waals surface area contributed by atoms with Crippen LogP contribution in [0.1, 0.15) is 34.4 Å². The van der Waals surface area contributed by atoms with Crippen LogP contribution < -0.4 is 0 Å². The molecule has 2 nitrogen and oxygen atoms in total. The fourth-order valence-corrected chi connectivity index (χ4v) is 1.66. The summed E-state index contributed by atoms with van der Waals surface area (Å²) in [5.74, 6) is -1.42. The summed E-state index contributed by atoms with van der Waals surface area (Å²) < 4.78 is 94.9. The number of fused-ring (bicyclic) bond motifs is 1. The van der Waals surface area contributed by atoms with Crippen LogP contribution in [0.2, 0.25) is 0 Å². The number of likely N-dealkylation sites (N-methyl/N-ethyl adjacent to an activating group) is 1. The number of hydrogen-bond donors (Lipinski definition) is 1. The van der Waals surface area contributed by atoms with E-state index in [0.717, 1.165) is 0 Å². The average Bonchev–Trinajstić information content (AvgIpc) is 2.92. The first kappa shape index (κ1) is 2.89. The number of rotatable bonds is 1. The number of nitrogens with zero attached hydrogens (tertiary/aromatic N) is 1. The van der Waals surface area contributed by atoms with Gasteiger partial charge < -0.3 is 9.88 Å². The Hall–Kier alpha value is -1.28. The van der Waals surface area contributed by atoms with E-state index in [2.05, 4.69) is 4.98 Å². The summed E-state index contributed by atoms with van der Waals surface area (Å²) in [5.41, 5.74) is -0.248. The van der Waals surface area contributed by atoms with Gasteiger partial charge in [-0.3, -0.25) is 0 Å². The zero-order valence-electron chi connectivity index (χ0n) is 19.7. The summed E-state index contributed by atoms with van der Waals surface area (Å²) in [5, 5.41) is -0.122. The van der Waals surface area contributed by atoms with Crippen LogP contribution in [0, 0.1) is 0 Å². The van der Waals surface area contributed by atoms with Crippen LogP contribution in [0.25, 0.3) is 10.9 Å². The fraction of sp³-hybridized carbons (Fsp3) is 0.385. The predicted molar refractivity (Wildman–Crippen MR) is 63.2 cm³/mol. The van der Waals surface area contributed by atoms with Crippen molar-refractivity contribution in [2.24, 2.45) is 0 Å². The lowest BCUT2D eigenvalue weighted by Crippen LogP contribution is -2.13. The van der Waals surface area contributed by atoms with E-state index in [1.807, 2.05) is 0 Å². The number of hydrogen-bond acceptors (Lipinski definition) is 1. The van der Waals surface area contributed by atoms with Gasteiger partial charge >= 0.3 is 0 Å². The Balaban J connectivity index is 2.32. The minimum Gasteiger partial charge on any atom is -0.361 e. The van der Waals surface area contributed by atoms with Crippen molar-refractivity contribution in [3.05, 3.63) is 35.9 Å². The molecule has 1 unspecified atom stereocenters. The minimum absolute atomic E-state index is 0.0929. The molecule has 0 spiro atoms. The van der Waals surface area contributed by atoms with Crippen LogP contribution >= 0.6 is 0 Å². The Kier molecular flexibility index (Phi) is 0.652. The molecular weight excluding hydrogens is 184 g/mol. The molecule has 1 aliphatic rings. The summed E-state index contributed by atoms with van der Waals surface area (Å²) in [6.07, 6.45) is -0.978. The third-order valence-corrected chi connectivity index (χ3v) is 2.37. The number of para-hydroxylation sites is 1. The quantitative estimate of drug-likeness (QED) is 0.770. The molecule has 1 aromatic carbocycles. The topological polar surface area (TPSA) is 19.0 Å². The van der Waals surface area contributed by atoms with E-state index in [0.29, 0.717) is 0 Å².